The van der Waals surface area contributed by atoms with Gasteiger partial charge in [-0.25, -0.2) is 18.0 Å². The van der Waals surface area contributed by atoms with Gasteiger partial charge < -0.3 is 19.5 Å². The van der Waals surface area contributed by atoms with Gasteiger partial charge in [-0.15, -0.1) is 0 Å². The molecule has 1 atom stereocenters. The van der Waals surface area contributed by atoms with Crippen molar-refractivity contribution in [2.45, 2.75) is 31.7 Å². The summed E-state index contributed by atoms with van der Waals surface area (Å²) >= 11 is 0. The number of benzene rings is 2. The maximum absolute atomic E-state index is 12.7. The van der Waals surface area contributed by atoms with Gasteiger partial charge in [0.05, 0.1) is 42.9 Å². The Balaban J connectivity index is 2.22. The minimum atomic E-state index is -4.02. The fourth-order valence-corrected chi connectivity index (χ4v) is 4.17. The van der Waals surface area contributed by atoms with Crippen molar-refractivity contribution in [2.24, 2.45) is 0 Å². The lowest BCUT2D eigenvalue weighted by Crippen LogP contribution is -2.41. The fourth-order valence-electron chi connectivity index (χ4n) is 2.88. The van der Waals surface area contributed by atoms with E-state index in [4.69, 9.17) is 4.74 Å². The van der Waals surface area contributed by atoms with Crippen LogP contribution in [0.3, 0.4) is 0 Å². The highest BCUT2D eigenvalue weighted by atomic mass is 32.2. The minimum Gasteiger partial charge on any atom is -0.494 e. The zero-order valence-electron chi connectivity index (χ0n) is 18.9. The van der Waals surface area contributed by atoms with Crippen LogP contribution < -0.4 is 14.8 Å². The first-order valence-electron chi connectivity index (χ1n) is 9.90. The Hall–Kier alpha value is -3.44. The molecule has 1 amide bonds. The molecule has 0 spiro atoms. The van der Waals surface area contributed by atoms with Gasteiger partial charge in [0.2, 0.25) is 15.9 Å². The minimum absolute atomic E-state index is 0.00815. The third kappa shape index (κ3) is 6.53. The van der Waals surface area contributed by atoms with Crippen LogP contribution >= 0.6 is 0 Å². The highest BCUT2D eigenvalue weighted by Gasteiger charge is 2.24. The summed E-state index contributed by atoms with van der Waals surface area (Å²) in [7, 11) is -1.67. The molecule has 2 aromatic rings. The molecule has 0 aliphatic rings. The van der Waals surface area contributed by atoms with Gasteiger partial charge in [-0.3, -0.25) is 4.79 Å². The van der Waals surface area contributed by atoms with Crippen LogP contribution in [0.25, 0.3) is 0 Å². The van der Waals surface area contributed by atoms with E-state index in [2.05, 4.69) is 19.5 Å². The van der Waals surface area contributed by atoms with Crippen LogP contribution in [0.4, 0.5) is 5.69 Å². The molecule has 0 heterocycles. The summed E-state index contributed by atoms with van der Waals surface area (Å²) in [5, 5.41) is 2.49. The first-order valence-corrected chi connectivity index (χ1v) is 11.4. The Bertz CT molecular complexity index is 1130. The zero-order valence-corrected chi connectivity index (χ0v) is 19.7. The summed E-state index contributed by atoms with van der Waals surface area (Å²) in [5.41, 5.74) is 0.737. The molecule has 0 aliphatic heterocycles. The molecule has 11 heteroatoms. The smallest absolute Gasteiger partial charge is 0.337 e. The molecular formula is C22H26N2O8S. The van der Waals surface area contributed by atoms with Crippen LogP contribution in [0.15, 0.2) is 41.3 Å². The molecule has 0 bridgehead atoms. The normalized spacial score (nSPS) is 11.9. The van der Waals surface area contributed by atoms with E-state index in [1.54, 1.807) is 13.0 Å². The Kier molecular flexibility index (Phi) is 8.55. The van der Waals surface area contributed by atoms with Crippen molar-refractivity contribution in [1.29, 1.82) is 0 Å². The number of nitrogens with one attached hydrogen (secondary N) is 2. The van der Waals surface area contributed by atoms with Gasteiger partial charge in [-0.05, 0) is 62.7 Å². The quantitative estimate of drug-likeness (QED) is 0.524. The summed E-state index contributed by atoms with van der Waals surface area (Å²) in [6.45, 7) is 5.34. The number of methoxy groups -OCH3 is 2. The Morgan fingerprint density at radius 2 is 1.55 bits per heavy atom. The van der Waals surface area contributed by atoms with Crippen LogP contribution in [0.2, 0.25) is 0 Å². The molecule has 0 saturated carbocycles. The molecule has 33 heavy (non-hydrogen) atoms. The van der Waals surface area contributed by atoms with Crippen molar-refractivity contribution in [1.82, 2.24) is 4.72 Å². The first kappa shape index (κ1) is 25.8. The second kappa shape index (κ2) is 10.9. The summed E-state index contributed by atoms with van der Waals surface area (Å²) in [6, 6.07) is 7.05. The Morgan fingerprint density at radius 1 is 0.970 bits per heavy atom. The van der Waals surface area contributed by atoms with Crippen molar-refractivity contribution >= 4 is 33.6 Å². The van der Waals surface area contributed by atoms with Gasteiger partial charge in [0.25, 0.3) is 0 Å². The van der Waals surface area contributed by atoms with Gasteiger partial charge in [0, 0.05) is 5.69 Å². The lowest BCUT2D eigenvalue weighted by molar-refractivity contribution is -0.117. The molecule has 0 unspecified atom stereocenters. The standard InChI is InChI=1S/C22H26N2O8S/c1-6-32-19-8-7-18(9-13(19)2)33(28,29)24-14(3)20(25)23-17-11-15(21(26)30-4)10-16(12-17)22(27)31-5/h7-12,14,24H,6H2,1-5H3,(H,23,25)/t14-/m1/s1. The number of carbonyl (C=O) groups excluding carboxylic acids is 3. The molecule has 0 aromatic heterocycles. The number of hydrogen-bond donors (Lipinski definition) is 2. The average Bonchev–Trinajstić information content (AvgIpc) is 2.78. The van der Waals surface area contributed by atoms with E-state index in [0.29, 0.717) is 17.9 Å². The summed E-state index contributed by atoms with van der Waals surface area (Å²) in [5.74, 6) is -1.60. The van der Waals surface area contributed by atoms with Gasteiger partial charge in [-0.1, -0.05) is 0 Å². The van der Waals surface area contributed by atoms with Crippen molar-refractivity contribution in [2.75, 3.05) is 26.1 Å². The van der Waals surface area contributed by atoms with Crippen LogP contribution in [0.5, 0.6) is 5.75 Å². The Labute approximate surface area is 192 Å². The number of sulfonamides is 1. The number of carbonyl (C=O) groups is 3. The SMILES string of the molecule is CCOc1ccc(S(=O)(=O)N[C@H](C)C(=O)Nc2cc(C(=O)OC)cc(C(=O)OC)c2)cc1C. The monoisotopic (exact) mass is 478 g/mol. The number of esters is 2. The molecular weight excluding hydrogens is 452 g/mol. The molecule has 0 fully saturated rings. The molecule has 2 N–H and O–H groups in total. The summed E-state index contributed by atoms with van der Waals surface area (Å²) < 4.78 is 42.5. The third-order valence-electron chi connectivity index (χ3n) is 4.52. The third-order valence-corrected chi connectivity index (χ3v) is 6.06. The predicted molar refractivity (Wildman–Crippen MR) is 120 cm³/mol. The molecule has 2 aromatic carbocycles. The van der Waals surface area contributed by atoms with E-state index in [0.717, 1.165) is 0 Å². The van der Waals surface area contributed by atoms with Crippen molar-refractivity contribution < 1.29 is 37.0 Å². The second-order valence-corrected chi connectivity index (χ2v) is 8.69. The number of amides is 1. The van der Waals surface area contributed by atoms with E-state index in [1.165, 1.54) is 51.5 Å². The van der Waals surface area contributed by atoms with Crippen LogP contribution in [-0.2, 0) is 24.3 Å². The predicted octanol–water partition coefficient (Wildman–Crippen LogP) is 2.27. The average molecular weight is 479 g/mol. The van der Waals surface area contributed by atoms with Crippen molar-refractivity contribution in [3.8, 4) is 5.75 Å². The highest BCUT2D eigenvalue weighted by Crippen LogP contribution is 2.22. The highest BCUT2D eigenvalue weighted by molar-refractivity contribution is 7.89. The second-order valence-electron chi connectivity index (χ2n) is 6.97. The lowest BCUT2D eigenvalue weighted by atomic mass is 10.1. The van der Waals surface area contributed by atoms with Crippen molar-refractivity contribution in [3.05, 3.63) is 53.1 Å². The number of ether oxygens (including phenoxy) is 3. The van der Waals surface area contributed by atoms with Gasteiger partial charge in [0.15, 0.2) is 0 Å². The lowest BCUT2D eigenvalue weighted by Gasteiger charge is -2.16. The number of aryl methyl sites for hydroxylation is 1. The zero-order chi connectivity index (χ0) is 24.8. The molecule has 0 saturated heterocycles. The molecule has 0 radical (unpaired) electrons. The van der Waals surface area contributed by atoms with Gasteiger partial charge in [0.1, 0.15) is 5.75 Å². The maximum Gasteiger partial charge on any atom is 0.337 e. The van der Waals surface area contributed by atoms with E-state index in [1.807, 2.05) is 6.92 Å². The van der Waals surface area contributed by atoms with Crippen molar-refractivity contribution in [3.63, 3.8) is 0 Å². The van der Waals surface area contributed by atoms with Crippen LogP contribution in [-0.4, -0.2) is 53.1 Å². The first-order chi connectivity index (χ1) is 15.5. The summed E-state index contributed by atoms with van der Waals surface area (Å²) in [6.07, 6.45) is 0. The van der Waals surface area contributed by atoms with E-state index >= 15 is 0 Å². The number of anilines is 1. The largest absolute Gasteiger partial charge is 0.494 e. The van der Waals surface area contributed by atoms with E-state index in [9.17, 15) is 22.8 Å². The van der Waals surface area contributed by atoms with E-state index in [-0.39, 0.29) is 21.7 Å². The molecule has 2 rings (SSSR count). The molecule has 0 aliphatic carbocycles. The Morgan fingerprint density at radius 3 is 2.03 bits per heavy atom. The van der Waals surface area contributed by atoms with Crippen LogP contribution in [0, 0.1) is 6.92 Å². The summed E-state index contributed by atoms with van der Waals surface area (Å²) in [4.78, 5) is 36.4. The van der Waals surface area contributed by atoms with Gasteiger partial charge >= 0.3 is 11.9 Å². The van der Waals surface area contributed by atoms with Gasteiger partial charge in [-0.2, -0.15) is 4.72 Å². The maximum atomic E-state index is 12.7. The van der Waals surface area contributed by atoms with E-state index < -0.39 is 33.9 Å². The van der Waals surface area contributed by atoms with Crippen LogP contribution in [0.1, 0.15) is 40.1 Å². The number of rotatable bonds is 9. The topological polar surface area (TPSA) is 137 Å². The number of hydrogen-bond acceptors (Lipinski definition) is 8. The fraction of sp³-hybridized carbons (Fsp3) is 0.318. The molecule has 10 nitrogen and oxygen atoms in total. The molecule has 178 valence electrons.